The summed E-state index contributed by atoms with van der Waals surface area (Å²) in [5, 5.41) is 37.4. The van der Waals surface area contributed by atoms with Crippen LogP contribution in [-0.2, 0) is 50.7 Å². The number of carbonyl (C=O) groups is 2. The number of nitrogen functional groups attached to an aromatic ring is 1. The molecule has 65 heavy (non-hydrogen) atoms. The number of unbranched alkanes of at least 4 members (excludes halogenated alkanes) is 1. The van der Waals surface area contributed by atoms with Gasteiger partial charge in [-0.2, -0.15) is 16.1 Å². The van der Waals surface area contributed by atoms with Gasteiger partial charge in [-0.1, -0.05) is 19.0 Å². The van der Waals surface area contributed by atoms with Crippen molar-refractivity contribution in [3.63, 3.8) is 0 Å². The van der Waals surface area contributed by atoms with Crippen molar-refractivity contribution >= 4 is 69.7 Å². The monoisotopic (exact) mass is 1010 g/mol. The Morgan fingerprint density at radius 2 is 1.66 bits per heavy atom. The van der Waals surface area contributed by atoms with Crippen LogP contribution in [0, 0.1) is 5.41 Å². The molecule has 0 bridgehead atoms. The summed E-state index contributed by atoms with van der Waals surface area (Å²) in [6, 6.07) is 0. The van der Waals surface area contributed by atoms with Crippen LogP contribution in [0.15, 0.2) is 17.8 Å². The summed E-state index contributed by atoms with van der Waals surface area (Å²) in [7, 11) is -16.4. The van der Waals surface area contributed by atoms with Gasteiger partial charge in [0.1, 0.15) is 42.9 Å². The predicted octanol–water partition coefficient (Wildman–Crippen LogP) is -1.16. The summed E-state index contributed by atoms with van der Waals surface area (Å²) < 4.78 is 62.4. The number of ether oxygens (including phenoxy) is 1. The summed E-state index contributed by atoms with van der Waals surface area (Å²) in [6.07, 6.45) is -3.72. The molecule has 1 aliphatic rings. The van der Waals surface area contributed by atoms with Crippen LogP contribution in [0.3, 0.4) is 0 Å². The number of nitrogens with one attached hydrogen (secondary N) is 4. The maximum absolute atomic E-state index is 12.7. The van der Waals surface area contributed by atoms with Crippen molar-refractivity contribution in [2.75, 3.05) is 82.9 Å². The van der Waals surface area contributed by atoms with Gasteiger partial charge in [0.15, 0.2) is 17.7 Å². The minimum absolute atomic E-state index is 0.0336. The van der Waals surface area contributed by atoms with Gasteiger partial charge in [-0.05, 0) is 52.4 Å². The highest BCUT2D eigenvalue weighted by atomic mass is 32.2. The lowest BCUT2D eigenvalue weighted by molar-refractivity contribution is -0.137. The third kappa shape index (κ3) is 20.6. The molecule has 3 heterocycles. The van der Waals surface area contributed by atoms with Gasteiger partial charge in [-0.3, -0.25) is 27.7 Å². The van der Waals surface area contributed by atoms with Gasteiger partial charge in [0.2, 0.25) is 11.8 Å². The molecule has 3 rings (SSSR count). The quantitative estimate of drug-likeness (QED) is 0.0174. The molecule has 0 aromatic carbocycles. The first kappa shape index (κ1) is 56.6. The number of thioether (sulfide) groups is 1. The zero-order chi connectivity index (χ0) is 48.3. The number of imidazole rings is 1. The number of anilines is 1. The van der Waals surface area contributed by atoms with Crippen LogP contribution in [-0.4, -0.2) is 168 Å². The molecule has 0 spiro atoms. The van der Waals surface area contributed by atoms with E-state index in [-0.39, 0.29) is 35.9 Å². The zero-order valence-electron chi connectivity index (χ0n) is 36.2. The molecule has 1 fully saturated rings. The largest absolute Gasteiger partial charge is 0.481 e. The number of nitrogens with two attached hydrogens (primary N) is 2. The highest BCUT2D eigenvalue weighted by Crippen LogP contribution is 2.61. The fourth-order valence-corrected chi connectivity index (χ4v) is 9.27. The normalized spacial score (nSPS) is 20.6. The number of hydrogen-bond donors (Lipinski definition) is 12. The second kappa shape index (κ2) is 27.3. The molecular weight excluding hydrogens is 947 g/mol. The number of amides is 2. The molecular formula is C33H62N11O17P3S. The fraction of sp³-hybridized carbons (Fsp3) is 0.758. The molecule has 7 atom stereocenters. The van der Waals surface area contributed by atoms with Crippen LogP contribution in [0.2, 0.25) is 0 Å². The molecule has 0 saturated carbocycles. The van der Waals surface area contributed by atoms with E-state index in [2.05, 4.69) is 50.2 Å². The molecule has 2 unspecified atom stereocenters. The fourth-order valence-electron chi connectivity index (χ4n) is 5.70. The first-order valence-electron chi connectivity index (χ1n) is 20.3. The van der Waals surface area contributed by atoms with Crippen molar-refractivity contribution < 1.29 is 80.5 Å². The van der Waals surface area contributed by atoms with Crippen LogP contribution in [0.4, 0.5) is 5.82 Å². The Bertz CT molecular complexity index is 1980. The summed E-state index contributed by atoms with van der Waals surface area (Å²) in [5.41, 5.74) is 10.5. The Balaban J connectivity index is 1.33. The molecule has 0 radical (unpaired) electrons. The number of hydrogen-bond acceptors (Lipinski definition) is 22. The molecule has 1 aliphatic heterocycles. The number of aromatic nitrogens is 4. The van der Waals surface area contributed by atoms with Crippen LogP contribution < -0.4 is 32.7 Å². The second-order valence-corrected chi connectivity index (χ2v) is 20.5. The Hall–Kier alpha value is -2.76. The van der Waals surface area contributed by atoms with Gasteiger partial charge in [0.05, 0.1) is 25.3 Å². The third-order valence-electron chi connectivity index (χ3n) is 9.06. The van der Waals surface area contributed by atoms with Gasteiger partial charge in [0, 0.05) is 43.0 Å². The molecule has 2 amide bonds. The number of phosphoric acid groups is 3. The number of carbonyl (C=O) groups excluding carboxylic acids is 2. The molecule has 2 aromatic rings. The Morgan fingerprint density at radius 3 is 2.35 bits per heavy atom. The van der Waals surface area contributed by atoms with E-state index in [0.29, 0.717) is 37.7 Å². The van der Waals surface area contributed by atoms with E-state index in [4.69, 9.17) is 30.1 Å². The second-order valence-electron chi connectivity index (χ2n) is 15.1. The number of aliphatic hydroxyl groups is 2. The Labute approximate surface area is 379 Å². The van der Waals surface area contributed by atoms with E-state index in [1.807, 2.05) is 6.92 Å². The van der Waals surface area contributed by atoms with Gasteiger partial charge >= 0.3 is 23.5 Å². The van der Waals surface area contributed by atoms with Crippen molar-refractivity contribution in [3.05, 3.63) is 12.7 Å². The molecule has 32 heteroatoms. The van der Waals surface area contributed by atoms with Crippen molar-refractivity contribution in [3.8, 4) is 0 Å². The van der Waals surface area contributed by atoms with Crippen LogP contribution >= 0.6 is 35.2 Å². The number of rotatable bonds is 33. The van der Waals surface area contributed by atoms with Crippen LogP contribution in [0.1, 0.15) is 52.7 Å². The van der Waals surface area contributed by atoms with Gasteiger partial charge < -0.3 is 72.1 Å². The first-order chi connectivity index (χ1) is 30.6. The zero-order valence-corrected chi connectivity index (χ0v) is 39.7. The highest BCUT2D eigenvalue weighted by molar-refractivity contribution is 7.99. The summed E-state index contributed by atoms with van der Waals surface area (Å²) >= 11 is 1.54. The third-order valence-corrected chi connectivity index (χ3v) is 13.3. The molecule has 372 valence electrons. The molecule has 28 nitrogen and oxygen atoms in total. The predicted molar refractivity (Wildman–Crippen MR) is 235 cm³/mol. The summed E-state index contributed by atoms with van der Waals surface area (Å²) in [6.45, 7) is 7.19. The van der Waals surface area contributed by atoms with Crippen molar-refractivity contribution in [1.29, 1.82) is 0 Å². The van der Waals surface area contributed by atoms with E-state index in [1.54, 1.807) is 0 Å². The summed E-state index contributed by atoms with van der Waals surface area (Å²) in [5.74, 6) is -0.175. The van der Waals surface area contributed by atoms with Crippen molar-refractivity contribution in [2.45, 2.75) is 77.1 Å². The number of aliphatic hydroxyl groups excluding tert-OH is 2. The lowest BCUT2D eigenvalue weighted by Crippen LogP contribution is -2.46. The number of nitrogens with zero attached hydrogens (tertiary/aromatic N) is 5. The lowest BCUT2D eigenvalue weighted by atomic mass is 9.87. The average Bonchev–Trinajstić information content (AvgIpc) is 3.79. The molecule has 14 N–H and O–H groups in total. The lowest BCUT2D eigenvalue weighted by Gasteiger charge is -2.30. The summed E-state index contributed by atoms with van der Waals surface area (Å²) in [4.78, 5) is 81.4. The average molecular weight is 1010 g/mol. The Kier molecular flexibility index (Phi) is 23.7. The van der Waals surface area contributed by atoms with Crippen molar-refractivity contribution in [2.24, 2.45) is 16.3 Å². The van der Waals surface area contributed by atoms with E-state index in [9.17, 15) is 53.1 Å². The maximum atomic E-state index is 12.7. The minimum Gasteiger partial charge on any atom is -0.394 e. The highest BCUT2D eigenvalue weighted by Gasteiger charge is 2.50. The van der Waals surface area contributed by atoms with E-state index < -0.39 is 78.6 Å². The van der Waals surface area contributed by atoms with Gasteiger partial charge in [-0.15, -0.1) is 0 Å². The van der Waals surface area contributed by atoms with Crippen molar-refractivity contribution in [1.82, 2.24) is 40.8 Å². The van der Waals surface area contributed by atoms with Gasteiger partial charge in [-0.25, -0.2) is 28.6 Å². The standard InChI is InChI=1S/C33H62N11O17P3S/c1-22(43-56-15-13-37-10-5-4-9-36-11-6-8-34)18-65-16-14-38-24(45)7-12-39-31(48)28(47)33(2,3)19-58-64(54,55)61-63(52,53)57-17-23-27(60-62(49,50)51)26(46)32(59-23)44-21-42-25-29(35)40-20-41-30(25)44/h20-21,23,26-28,32,36-37,46-47H,4-19,34H2,1-3H3,(H,38,45)(H,39,48)(H,52,53)(H,54,55)(H2,35,40,41)(H2,49,50,51)/b43-22+/t23-,26-,27-,28-,32-/m1/s1. The molecule has 0 aliphatic carbocycles. The van der Waals surface area contributed by atoms with Crippen LogP contribution in [0.25, 0.3) is 11.2 Å². The van der Waals surface area contributed by atoms with E-state index >= 15 is 0 Å². The number of oxime groups is 1. The molecule has 1 saturated heterocycles. The Morgan fingerprint density at radius 1 is 0.985 bits per heavy atom. The number of fused-ring (bicyclic) bond motifs is 1. The van der Waals surface area contributed by atoms with Crippen LogP contribution in [0.5, 0.6) is 0 Å². The smallest absolute Gasteiger partial charge is 0.394 e. The molecule has 2 aromatic heterocycles. The minimum atomic E-state index is -5.57. The first-order valence-corrected chi connectivity index (χ1v) is 26.0. The SMILES string of the molecule is C/C(CSCCNC(=O)CCNC(=O)[C@@H](O)C(C)(C)COP(=O)(O)OP(=O)(O)OC[C@H]1O[C@@H](n2cnc3c(N)ncnc32)[C@H](O)[C@@H]1OP(=O)(O)O)=N\OCCNCCCCNCCCN. The van der Waals surface area contributed by atoms with E-state index in [0.717, 1.165) is 61.8 Å². The topological polar surface area (TPSA) is 418 Å². The van der Waals surface area contributed by atoms with Gasteiger partial charge in [0.25, 0.3) is 0 Å². The van der Waals surface area contributed by atoms with E-state index in [1.165, 1.54) is 25.6 Å². The maximum Gasteiger partial charge on any atom is 0.481 e. The number of phosphoric ester groups is 3.